The Bertz CT molecular complexity index is 1220. The van der Waals surface area contributed by atoms with Crippen LogP contribution in [0.4, 0.5) is 0 Å². The molecular formula is C34H42Cl2S8. The highest BCUT2D eigenvalue weighted by Gasteiger charge is 2.32. The van der Waals surface area contributed by atoms with Crippen LogP contribution < -0.4 is 0 Å². The van der Waals surface area contributed by atoms with Crippen molar-refractivity contribution in [2.24, 2.45) is 0 Å². The van der Waals surface area contributed by atoms with Gasteiger partial charge in [-0.1, -0.05) is 75.2 Å². The van der Waals surface area contributed by atoms with Crippen molar-refractivity contribution < 1.29 is 0 Å². The summed E-state index contributed by atoms with van der Waals surface area (Å²) in [5, 5.41) is 3.08. The Morgan fingerprint density at radius 1 is 0.591 bits per heavy atom. The molecule has 2 aromatic rings. The summed E-state index contributed by atoms with van der Waals surface area (Å²) >= 11 is 31.0. The largest absolute Gasteiger partial charge is 0.156 e. The summed E-state index contributed by atoms with van der Waals surface area (Å²) in [6.45, 7) is 9.15. The fourth-order valence-corrected chi connectivity index (χ4v) is 19.1. The van der Waals surface area contributed by atoms with E-state index in [4.69, 9.17) is 23.2 Å². The number of benzene rings is 2. The lowest BCUT2D eigenvalue weighted by atomic mass is 9.93. The second-order valence-electron chi connectivity index (χ2n) is 10.8. The summed E-state index contributed by atoms with van der Waals surface area (Å²) in [5.41, 5.74) is 8.03. The average Bonchev–Trinajstić information content (AvgIpc) is 3.01. The maximum Gasteiger partial charge on any atom is 0.0681 e. The van der Waals surface area contributed by atoms with Gasteiger partial charge in [0, 0.05) is 40.5 Å². The molecule has 0 saturated carbocycles. The summed E-state index contributed by atoms with van der Waals surface area (Å²) in [7, 11) is 0. The Morgan fingerprint density at radius 3 is 1.34 bits per heavy atom. The van der Waals surface area contributed by atoms with E-state index >= 15 is 0 Å². The number of thioether (sulfide) groups is 8. The van der Waals surface area contributed by atoms with Gasteiger partial charge in [0.25, 0.3) is 0 Å². The fraction of sp³-hybridized carbons (Fsp3) is 0.529. The van der Waals surface area contributed by atoms with E-state index in [0.29, 0.717) is 19.7 Å². The summed E-state index contributed by atoms with van der Waals surface area (Å²) in [6, 6.07) is 13.8. The van der Waals surface area contributed by atoms with Crippen LogP contribution in [0, 0.1) is 0 Å². The van der Waals surface area contributed by atoms with Crippen molar-refractivity contribution in [2.75, 3.05) is 34.5 Å². The minimum atomic E-state index is 0.596. The van der Waals surface area contributed by atoms with Crippen LogP contribution in [0.3, 0.4) is 0 Å². The van der Waals surface area contributed by atoms with Crippen molar-refractivity contribution in [1.82, 2.24) is 0 Å². The van der Waals surface area contributed by atoms with Crippen LogP contribution >= 0.6 is 117 Å². The van der Waals surface area contributed by atoms with Gasteiger partial charge in [-0.15, -0.1) is 70.6 Å². The predicted molar refractivity (Wildman–Crippen MR) is 220 cm³/mol. The molecule has 0 spiro atoms. The van der Waals surface area contributed by atoms with Gasteiger partial charge in [0.2, 0.25) is 0 Å². The molecule has 2 heterocycles. The van der Waals surface area contributed by atoms with E-state index in [0.717, 1.165) is 58.4 Å². The molecule has 2 aliphatic heterocycles. The van der Waals surface area contributed by atoms with E-state index in [1.54, 1.807) is 0 Å². The number of halogens is 2. The second kappa shape index (κ2) is 18.3. The molecule has 2 fully saturated rings. The molecule has 8 rings (SSSR count). The Morgan fingerprint density at radius 2 is 0.977 bits per heavy atom. The molecule has 4 bridgehead atoms. The molecule has 6 aliphatic rings. The highest BCUT2D eigenvalue weighted by molar-refractivity contribution is 8.30. The molecule has 4 aliphatic carbocycles. The molecule has 0 nitrogen and oxygen atoms in total. The third kappa shape index (κ3) is 9.72. The third-order valence-electron chi connectivity index (χ3n) is 7.69. The second-order valence-corrected chi connectivity index (χ2v) is 23.0. The number of hydrogen-bond acceptors (Lipinski definition) is 8. The summed E-state index contributed by atoms with van der Waals surface area (Å²) in [6.07, 6.45) is 3.59. The average molecular weight is 778 g/mol. The van der Waals surface area contributed by atoms with E-state index < -0.39 is 0 Å². The molecule has 0 amide bonds. The molecule has 0 N–H and O–H groups in total. The molecule has 2 saturated heterocycles. The monoisotopic (exact) mass is 776 g/mol. The van der Waals surface area contributed by atoms with Crippen LogP contribution in [0.1, 0.15) is 49.9 Å². The Balaban J connectivity index is 1.50. The van der Waals surface area contributed by atoms with Gasteiger partial charge in [-0.25, -0.2) is 0 Å². The first-order chi connectivity index (χ1) is 21.4. The lowest BCUT2D eigenvalue weighted by Crippen LogP contribution is -2.24. The van der Waals surface area contributed by atoms with Crippen molar-refractivity contribution in [3.05, 3.63) is 88.3 Å². The van der Waals surface area contributed by atoms with Crippen molar-refractivity contribution in [3.8, 4) is 0 Å². The summed E-state index contributed by atoms with van der Waals surface area (Å²) in [4.78, 5) is 0. The molecule has 0 aromatic heterocycles. The zero-order valence-electron chi connectivity index (χ0n) is 25.9. The van der Waals surface area contributed by atoms with Crippen molar-refractivity contribution in [3.63, 3.8) is 0 Å². The Hall–Kier alpha value is 1.30. The van der Waals surface area contributed by atoms with E-state index in [1.807, 2.05) is 0 Å². The SMILES string of the molecule is CCSC1CS/C(=C2\Cc3ccc(cc3)C/C(=C3\SCC(SCC)C(SCC)S3)Cc3cc(Cl)c(cc3Cl)C2)SC1SCC. The molecule has 44 heavy (non-hydrogen) atoms. The van der Waals surface area contributed by atoms with Crippen molar-refractivity contribution >= 4 is 117 Å². The van der Waals surface area contributed by atoms with E-state index in [-0.39, 0.29) is 0 Å². The maximum absolute atomic E-state index is 7.11. The molecule has 2 aromatic carbocycles. The van der Waals surface area contributed by atoms with Gasteiger partial charge in [-0.2, -0.15) is 23.5 Å². The van der Waals surface area contributed by atoms with Crippen LogP contribution in [-0.4, -0.2) is 54.2 Å². The predicted octanol–water partition coefficient (Wildman–Crippen LogP) is 12.7. The van der Waals surface area contributed by atoms with E-state index in [9.17, 15) is 0 Å². The van der Waals surface area contributed by atoms with Gasteiger partial charge < -0.3 is 0 Å². The first-order valence-corrected chi connectivity index (χ1v) is 24.1. The Kier molecular flexibility index (Phi) is 15.2. The number of hydrogen-bond donors (Lipinski definition) is 0. The fourth-order valence-electron chi connectivity index (χ4n) is 5.61. The first kappa shape index (κ1) is 36.6. The molecule has 10 heteroatoms. The van der Waals surface area contributed by atoms with Crippen LogP contribution in [0.15, 0.2) is 56.0 Å². The van der Waals surface area contributed by atoms with Crippen molar-refractivity contribution in [1.29, 1.82) is 0 Å². The zero-order valence-corrected chi connectivity index (χ0v) is 33.9. The lowest BCUT2D eigenvalue weighted by molar-refractivity contribution is 0.998. The topological polar surface area (TPSA) is 0 Å². The lowest BCUT2D eigenvalue weighted by Gasteiger charge is -2.32. The number of allylic oxidation sites excluding steroid dienone is 2. The van der Waals surface area contributed by atoms with E-state index in [1.165, 1.54) is 53.8 Å². The van der Waals surface area contributed by atoms with Crippen LogP contribution in [0.25, 0.3) is 0 Å². The van der Waals surface area contributed by atoms with Gasteiger partial charge in [0.1, 0.15) is 0 Å². The van der Waals surface area contributed by atoms with Crippen LogP contribution in [-0.2, 0) is 25.7 Å². The van der Waals surface area contributed by atoms with Gasteiger partial charge in [-0.3, -0.25) is 0 Å². The summed E-state index contributed by atoms with van der Waals surface area (Å²) < 4.78 is 4.18. The van der Waals surface area contributed by atoms with Crippen LogP contribution in [0.5, 0.6) is 0 Å². The normalized spacial score (nSPS) is 28.0. The van der Waals surface area contributed by atoms with E-state index in [2.05, 4.69) is 158 Å². The summed E-state index contributed by atoms with van der Waals surface area (Å²) in [5.74, 6) is 7.02. The quantitative estimate of drug-likeness (QED) is 0.257. The van der Waals surface area contributed by atoms with Crippen LogP contribution in [0.2, 0.25) is 10.0 Å². The van der Waals surface area contributed by atoms with Crippen molar-refractivity contribution in [2.45, 2.75) is 73.0 Å². The van der Waals surface area contributed by atoms with Gasteiger partial charge >= 0.3 is 0 Å². The molecule has 0 radical (unpaired) electrons. The number of rotatable bonds is 8. The first-order valence-electron chi connectivity index (χ1n) is 15.5. The zero-order chi connectivity index (χ0) is 31.1. The van der Waals surface area contributed by atoms with Gasteiger partial charge in [0.05, 0.1) is 9.16 Å². The Labute approximate surface area is 310 Å². The third-order valence-corrected chi connectivity index (χ3v) is 20.8. The van der Waals surface area contributed by atoms with Gasteiger partial charge in [-0.05, 0) is 94.2 Å². The molecular weight excluding hydrogens is 736 g/mol. The standard InChI is InChI=1S/C34H42Cl2S8/c1-5-37-29-19-41-31(43-33(29)39-7-3)25-13-21-9-11-22(12-10-21)14-26(16-24-18-27(35)23(15-25)17-28(24)36)32-42-20-30(38-6-2)34(44-32)40-8-4/h9-12,17-18,29-30,33-34H,5-8,13-16,19-20H2,1-4H3/b31-25-,32-26-. The molecule has 4 atom stereocenters. The molecule has 4 unspecified atom stereocenters. The minimum Gasteiger partial charge on any atom is -0.156 e. The highest BCUT2D eigenvalue weighted by Crippen LogP contribution is 2.52. The van der Waals surface area contributed by atoms with Gasteiger partial charge in [0.15, 0.2) is 0 Å². The molecule has 240 valence electrons. The highest BCUT2D eigenvalue weighted by atomic mass is 35.5. The maximum atomic E-state index is 7.11. The minimum absolute atomic E-state index is 0.596. The smallest absolute Gasteiger partial charge is 0.0681 e.